The molecular weight excluding hydrogens is 276 g/mol. The molecule has 2 aromatic rings. The topological polar surface area (TPSA) is 104 Å². The van der Waals surface area contributed by atoms with Crippen molar-refractivity contribution in [2.45, 2.75) is 33.2 Å². The maximum Gasteiger partial charge on any atom is 0.419 e. The summed E-state index contributed by atoms with van der Waals surface area (Å²) in [6.45, 7) is 6.87. The molecule has 1 amide bonds. The zero-order valence-corrected chi connectivity index (χ0v) is 12.2. The molecule has 0 spiro atoms. The fourth-order valence-corrected chi connectivity index (χ4v) is 2.33. The van der Waals surface area contributed by atoms with Gasteiger partial charge >= 0.3 is 17.5 Å². The first kappa shape index (κ1) is 14.8. The molecule has 21 heavy (non-hydrogen) atoms. The van der Waals surface area contributed by atoms with Crippen LogP contribution in [0.3, 0.4) is 0 Å². The fraction of sp³-hybridized carbons (Fsp3) is 0.357. The SMILES string of the molecule is Cc1c(N(C(=O)O)C(C)(C)C)ccc2[nH]c(=O)oc(=O)c12. The number of benzene rings is 1. The molecule has 0 saturated carbocycles. The average molecular weight is 292 g/mol. The van der Waals surface area contributed by atoms with Crippen molar-refractivity contribution >= 4 is 22.7 Å². The number of carboxylic acid groups (broad SMARTS) is 1. The van der Waals surface area contributed by atoms with Crippen LogP contribution in [0.1, 0.15) is 26.3 Å². The molecular formula is C14H16N2O5. The summed E-state index contributed by atoms with van der Waals surface area (Å²) in [4.78, 5) is 38.2. The summed E-state index contributed by atoms with van der Waals surface area (Å²) in [7, 11) is 0. The number of fused-ring (bicyclic) bond motifs is 1. The quantitative estimate of drug-likeness (QED) is 0.837. The number of aromatic amines is 1. The van der Waals surface area contributed by atoms with Gasteiger partial charge in [-0.25, -0.2) is 14.4 Å². The van der Waals surface area contributed by atoms with Crippen LogP contribution >= 0.6 is 0 Å². The third kappa shape index (κ3) is 2.54. The Morgan fingerprint density at radius 1 is 1.29 bits per heavy atom. The van der Waals surface area contributed by atoms with Gasteiger partial charge in [0, 0.05) is 5.54 Å². The Bertz CT molecular complexity index is 826. The Kier molecular flexibility index (Phi) is 3.36. The van der Waals surface area contributed by atoms with Gasteiger partial charge in [0.15, 0.2) is 0 Å². The number of hydrogen-bond donors (Lipinski definition) is 2. The summed E-state index contributed by atoms with van der Waals surface area (Å²) in [5, 5.41) is 9.61. The number of aryl methyl sites for hydroxylation is 1. The van der Waals surface area contributed by atoms with E-state index in [2.05, 4.69) is 9.40 Å². The second-order valence-corrected chi connectivity index (χ2v) is 5.72. The van der Waals surface area contributed by atoms with Crippen LogP contribution in [0.25, 0.3) is 10.9 Å². The lowest BCUT2D eigenvalue weighted by atomic mass is 10.0. The summed E-state index contributed by atoms with van der Waals surface area (Å²) >= 11 is 0. The van der Waals surface area contributed by atoms with E-state index in [1.165, 1.54) is 11.0 Å². The number of anilines is 1. The summed E-state index contributed by atoms with van der Waals surface area (Å²) in [5.41, 5.74) is -0.340. The highest BCUT2D eigenvalue weighted by molar-refractivity contribution is 5.94. The van der Waals surface area contributed by atoms with E-state index in [0.29, 0.717) is 16.8 Å². The molecule has 2 N–H and O–H groups in total. The van der Waals surface area contributed by atoms with Gasteiger partial charge in [-0.05, 0) is 45.4 Å². The normalized spacial score (nSPS) is 11.6. The van der Waals surface area contributed by atoms with E-state index in [4.69, 9.17) is 0 Å². The van der Waals surface area contributed by atoms with Gasteiger partial charge in [-0.15, -0.1) is 0 Å². The third-order valence-electron chi connectivity index (χ3n) is 3.17. The predicted molar refractivity (Wildman–Crippen MR) is 78.1 cm³/mol. The second kappa shape index (κ2) is 4.76. The number of hydrogen-bond acceptors (Lipinski definition) is 4. The van der Waals surface area contributed by atoms with E-state index in [0.717, 1.165) is 0 Å². The van der Waals surface area contributed by atoms with Crippen molar-refractivity contribution < 1.29 is 14.3 Å². The first-order valence-corrected chi connectivity index (χ1v) is 6.33. The molecule has 2 rings (SSSR count). The van der Waals surface area contributed by atoms with Crippen molar-refractivity contribution in [3.63, 3.8) is 0 Å². The molecule has 112 valence electrons. The highest BCUT2D eigenvalue weighted by Crippen LogP contribution is 2.30. The van der Waals surface area contributed by atoms with Crippen LogP contribution in [0.4, 0.5) is 10.5 Å². The number of nitrogens with zero attached hydrogens (tertiary/aromatic N) is 1. The Hall–Kier alpha value is -2.57. The number of carbonyl (C=O) groups is 1. The van der Waals surface area contributed by atoms with Crippen molar-refractivity contribution in [1.82, 2.24) is 4.98 Å². The van der Waals surface area contributed by atoms with Gasteiger partial charge in [0.05, 0.1) is 16.6 Å². The van der Waals surface area contributed by atoms with Crippen molar-refractivity contribution in [1.29, 1.82) is 0 Å². The van der Waals surface area contributed by atoms with Crippen LogP contribution in [-0.2, 0) is 0 Å². The predicted octanol–water partition coefficient (Wildman–Crippen LogP) is 2.07. The molecule has 0 atom stereocenters. The number of nitrogens with one attached hydrogen (secondary N) is 1. The van der Waals surface area contributed by atoms with E-state index < -0.39 is 23.0 Å². The summed E-state index contributed by atoms with van der Waals surface area (Å²) in [5.74, 6) is -0.842. The molecule has 1 heterocycles. The van der Waals surface area contributed by atoms with E-state index in [1.807, 2.05) is 0 Å². The molecule has 0 aliphatic heterocycles. The lowest BCUT2D eigenvalue weighted by Crippen LogP contribution is -2.45. The zero-order chi connectivity index (χ0) is 15.9. The minimum absolute atomic E-state index is 0.169. The Balaban J connectivity index is 2.83. The van der Waals surface area contributed by atoms with Crippen molar-refractivity contribution in [3.8, 4) is 0 Å². The largest absolute Gasteiger partial charge is 0.465 e. The standard InChI is InChI=1S/C14H16N2O5/c1-7-9(16(13(19)20)14(2,3)4)6-5-8-10(7)11(17)21-12(18)15-8/h5-6H,1-4H3,(H,15,18)(H,19,20). The van der Waals surface area contributed by atoms with Gasteiger partial charge in [-0.2, -0.15) is 0 Å². The maximum atomic E-state index is 11.9. The monoisotopic (exact) mass is 292 g/mol. The second-order valence-electron chi connectivity index (χ2n) is 5.72. The van der Waals surface area contributed by atoms with E-state index >= 15 is 0 Å². The molecule has 7 heteroatoms. The third-order valence-corrected chi connectivity index (χ3v) is 3.17. The van der Waals surface area contributed by atoms with E-state index in [9.17, 15) is 19.5 Å². The highest BCUT2D eigenvalue weighted by Gasteiger charge is 2.29. The van der Waals surface area contributed by atoms with Crippen LogP contribution in [0, 0.1) is 6.92 Å². The minimum atomic E-state index is -1.13. The number of aromatic nitrogens is 1. The van der Waals surface area contributed by atoms with E-state index in [1.54, 1.807) is 33.8 Å². The average Bonchev–Trinajstić information content (AvgIpc) is 2.29. The molecule has 1 aromatic carbocycles. The first-order valence-electron chi connectivity index (χ1n) is 6.33. The van der Waals surface area contributed by atoms with Gasteiger partial charge in [0.25, 0.3) is 0 Å². The Morgan fingerprint density at radius 2 is 1.90 bits per heavy atom. The smallest absolute Gasteiger partial charge is 0.419 e. The molecule has 0 aliphatic carbocycles. The summed E-state index contributed by atoms with van der Waals surface area (Å²) in [6.07, 6.45) is -1.13. The van der Waals surface area contributed by atoms with Crippen LogP contribution in [0.5, 0.6) is 0 Å². The van der Waals surface area contributed by atoms with Crippen molar-refractivity contribution in [2.75, 3.05) is 4.90 Å². The van der Waals surface area contributed by atoms with Crippen LogP contribution in [-0.4, -0.2) is 21.7 Å². The number of amides is 1. The van der Waals surface area contributed by atoms with Gasteiger partial charge in [-0.3, -0.25) is 9.88 Å². The maximum absolute atomic E-state index is 11.9. The molecule has 0 radical (unpaired) electrons. The first-order chi connectivity index (χ1) is 9.62. The summed E-state index contributed by atoms with van der Waals surface area (Å²) in [6, 6.07) is 3.06. The summed E-state index contributed by atoms with van der Waals surface area (Å²) < 4.78 is 4.52. The van der Waals surface area contributed by atoms with Crippen LogP contribution < -0.4 is 16.3 Å². The molecule has 0 saturated heterocycles. The van der Waals surface area contributed by atoms with Crippen molar-refractivity contribution in [2.24, 2.45) is 0 Å². The lowest BCUT2D eigenvalue weighted by Gasteiger charge is -2.34. The van der Waals surface area contributed by atoms with Gasteiger partial charge in [0.2, 0.25) is 0 Å². The Morgan fingerprint density at radius 3 is 2.43 bits per heavy atom. The van der Waals surface area contributed by atoms with Gasteiger partial charge in [0.1, 0.15) is 0 Å². The van der Waals surface area contributed by atoms with E-state index in [-0.39, 0.29) is 5.39 Å². The van der Waals surface area contributed by atoms with Crippen LogP contribution in [0.2, 0.25) is 0 Å². The van der Waals surface area contributed by atoms with Crippen molar-refractivity contribution in [3.05, 3.63) is 38.7 Å². The fourth-order valence-electron chi connectivity index (χ4n) is 2.33. The lowest BCUT2D eigenvalue weighted by molar-refractivity contribution is 0.195. The van der Waals surface area contributed by atoms with Crippen LogP contribution in [0.15, 0.2) is 26.1 Å². The molecule has 0 unspecified atom stereocenters. The minimum Gasteiger partial charge on any atom is -0.465 e. The van der Waals surface area contributed by atoms with Gasteiger partial charge < -0.3 is 9.52 Å². The molecule has 7 nitrogen and oxygen atoms in total. The molecule has 0 fully saturated rings. The Labute approximate surface area is 119 Å². The van der Waals surface area contributed by atoms with Gasteiger partial charge in [-0.1, -0.05) is 0 Å². The molecule has 0 aliphatic rings. The highest BCUT2D eigenvalue weighted by atomic mass is 16.4. The zero-order valence-electron chi connectivity index (χ0n) is 12.2. The number of rotatable bonds is 1. The molecule has 0 bridgehead atoms. The molecule has 1 aromatic heterocycles. The number of H-pyrrole nitrogens is 1.